The fraction of sp³-hybridized carbons (Fsp3) is 0.0137. The summed E-state index contributed by atoms with van der Waals surface area (Å²) in [5.74, 6) is -0.546. The minimum absolute atomic E-state index is 0.272. The van der Waals surface area contributed by atoms with Crippen molar-refractivity contribution in [1.82, 2.24) is 0 Å². The topological polar surface area (TPSA) is 6.48 Å². The van der Waals surface area contributed by atoms with E-state index in [-0.39, 0.29) is 11.6 Å². The van der Waals surface area contributed by atoms with Gasteiger partial charge in [0, 0.05) is 34.1 Å². The maximum absolute atomic E-state index is 14.4. The summed E-state index contributed by atoms with van der Waals surface area (Å²) in [5.41, 5.74) is 16.6. The zero-order valence-corrected chi connectivity index (χ0v) is 41.9. The zero-order valence-electron chi connectivity index (χ0n) is 41.9. The number of anilines is 6. The highest BCUT2D eigenvalue weighted by Crippen LogP contribution is 2.60. The van der Waals surface area contributed by atoms with Crippen molar-refractivity contribution in [1.29, 1.82) is 0 Å². The summed E-state index contributed by atoms with van der Waals surface area (Å²) in [7, 11) is 0. The molecule has 0 radical (unpaired) electrons. The summed E-state index contributed by atoms with van der Waals surface area (Å²) >= 11 is 0. The second-order valence-corrected chi connectivity index (χ2v) is 19.9. The number of hydrogen-bond acceptors (Lipinski definition) is 2. The zero-order chi connectivity index (χ0) is 51.5. The van der Waals surface area contributed by atoms with Crippen LogP contribution in [-0.2, 0) is 5.41 Å². The van der Waals surface area contributed by atoms with Crippen LogP contribution in [0.15, 0.2) is 291 Å². The van der Waals surface area contributed by atoms with Gasteiger partial charge in [-0.3, -0.25) is 0 Å². The molecule has 2 nitrogen and oxygen atoms in total. The van der Waals surface area contributed by atoms with Crippen LogP contribution in [0.25, 0.3) is 65.7 Å². The number of rotatable bonds is 10. The van der Waals surface area contributed by atoms with E-state index in [0.29, 0.717) is 0 Å². The first-order chi connectivity index (χ1) is 38.0. The quantitative estimate of drug-likeness (QED) is 0.135. The van der Waals surface area contributed by atoms with E-state index in [1.165, 1.54) is 68.4 Å². The van der Waals surface area contributed by atoms with Gasteiger partial charge in [0.25, 0.3) is 0 Å². The van der Waals surface area contributed by atoms with Crippen molar-refractivity contribution in [3.63, 3.8) is 0 Å². The third kappa shape index (κ3) is 7.84. The number of benzene rings is 13. The molecule has 0 unspecified atom stereocenters. The predicted octanol–water partition coefficient (Wildman–Crippen LogP) is 20.1. The van der Waals surface area contributed by atoms with Gasteiger partial charge in [-0.15, -0.1) is 0 Å². The van der Waals surface area contributed by atoms with E-state index in [2.05, 4.69) is 252 Å². The molecule has 0 atom stereocenters. The maximum atomic E-state index is 14.4. The van der Waals surface area contributed by atoms with Crippen LogP contribution in [0, 0.1) is 11.6 Å². The molecule has 0 aliphatic heterocycles. The molecular weight excluding hydrogens is 943 g/mol. The molecule has 0 spiro atoms. The normalized spacial score (nSPS) is 12.4. The number of halogens is 2. The van der Waals surface area contributed by atoms with Gasteiger partial charge in [0.2, 0.25) is 0 Å². The molecule has 77 heavy (non-hydrogen) atoms. The molecule has 0 saturated heterocycles. The highest BCUT2D eigenvalue weighted by Gasteiger charge is 2.47. The highest BCUT2D eigenvalue weighted by molar-refractivity contribution is 6.10. The van der Waals surface area contributed by atoms with Gasteiger partial charge in [-0.2, -0.15) is 0 Å². The van der Waals surface area contributed by atoms with E-state index in [0.717, 1.165) is 77.9 Å². The Morgan fingerprint density at radius 1 is 0.260 bits per heavy atom. The molecule has 14 rings (SSSR count). The van der Waals surface area contributed by atoms with Gasteiger partial charge in [-0.25, -0.2) is 8.78 Å². The van der Waals surface area contributed by atoms with Gasteiger partial charge in [-0.05, 0) is 197 Å². The van der Waals surface area contributed by atoms with E-state index < -0.39 is 5.41 Å². The lowest BCUT2D eigenvalue weighted by Crippen LogP contribution is -2.28. The Morgan fingerprint density at radius 2 is 0.662 bits per heavy atom. The van der Waals surface area contributed by atoms with Crippen molar-refractivity contribution in [3.8, 4) is 33.4 Å². The maximum Gasteiger partial charge on any atom is 0.123 e. The van der Waals surface area contributed by atoms with Gasteiger partial charge in [0.15, 0.2) is 0 Å². The van der Waals surface area contributed by atoms with Crippen LogP contribution in [0.1, 0.15) is 22.3 Å². The highest BCUT2D eigenvalue weighted by atomic mass is 19.1. The Bertz CT molecular complexity index is 4290. The second-order valence-electron chi connectivity index (χ2n) is 19.9. The van der Waals surface area contributed by atoms with Crippen molar-refractivity contribution in [3.05, 3.63) is 325 Å². The summed E-state index contributed by atoms with van der Waals surface area (Å²) in [6.45, 7) is 0. The molecule has 1 aliphatic carbocycles. The van der Waals surface area contributed by atoms with Crippen molar-refractivity contribution >= 4 is 66.4 Å². The van der Waals surface area contributed by atoms with Crippen LogP contribution in [0.4, 0.5) is 42.9 Å². The Labute approximate surface area is 446 Å². The minimum atomic E-state index is -0.688. The molecular formula is C73H48F2N2. The molecule has 0 amide bonds. The molecule has 0 saturated carbocycles. The number of nitrogens with zero attached hydrogens (tertiary/aromatic N) is 2. The summed E-state index contributed by atoms with van der Waals surface area (Å²) in [6, 6.07) is 101. The lowest BCUT2D eigenvalue weighted by atomic mass is 9.67. The number of fused-ring (bicyclic) bond motifs is 7. The van der Waals surface area contributed by atoms with Crippen LogP contribution in [0.5, 0.6) is 0 Å². The SMILES string of the molecule is Fc1ccc(N(c2ccc(-c3ccc4c(c3)C(c3ccccc3)(c3ccccc3)c3cc(-c5ccc(N(c6ccc(F)cc6)c6ccc7ccccc7c6)cc5)c5ccccc5c3-4)cc2)c2ccc3ccccc3c2)cc1. The van der Waals surface area contributed by atoms with Crippen LogP contribution in [0.2, 0.25) is 0 Å². The van der Waals surface area contributed by atoms with E-state index >= 15 is 0 Å². The molecule has 4 heteroatoms. The Hall–Kier alpha value is -9.90. The van der Waals surface area contributed by atoms with Crippen LogP contribution in [-0.4, -0.2) is 0 Å². The second kappa shape index (κ2) is 18.8. The average Bonchev–Trinajstić information content (AvgIpc) is 3.96. The van der Waals surface area contributed by atoms with Gasteiger partial charge in [0.05, 0.1) is 5.41 Å². The van der Waals surface area contributed by atoms with Gasteiger partial charge in [0.1, 0.15) is 11.6 Å². The van der Waals surface area contributed by atoms with E-state index in [1.807, 2.05) is 24.3 Å². The van der Waals surface area contributed by atoms with Crippen LogP contribution >= 0.6 is 0 Å². The molecule has 364 valence electrons. The molecule has 0 aromatic heterocycles. The lowest BCUT2D eigenvalue weighted by molar-refractivity contribution is 0.627. The molecule has 0 bridgehead atoms. The average molecular weight is 991 g/mol. The van der Waals surface area contributed by atoms with Crippen molar-refractivity contribution < 1.29 is 8.78 Å². The summed E-state index contributed by atoms with van der Waals surface area (Å²) in [4.78, 5) is 4.38. The van der Waals surface area contributed by atoms with Gasteiger partial charge >= 0.3 is 0 Å². The molecule has 0 N–H and O–H groups in total. The smallest absolute Gasteiger partial charge is 0.123 e. The third-order valence-corrected chi connectivity index (χ3v) is 15.6. The molecule has 0 heterocycles. The first kappa shape index (κ1) is 45.7. The van der Waals surface area contributed by atoms with Crippen molar-refractivity contribution in [2.75, 3.05) is 9.80 Å². The summed E-state index contributed by atoms with van der Waals surface area (Å²) in [5, 5.41) is 6.95. The molecule has 1 aliphatic rings. The van der Waals surface area contributed by atoms with Crippen molar-refractivity contribution in [2.24, 2.45) is 0 Å². The molecule has 13 aromatic carbocycles. The minimum Gasteiger partial charge on any atom is -0.310 e. The first-order valence-corrected chi connectivity index (χ1v) is 26.1. The Morgan fingerprint density at radius 3 is 1.17 bits per heavy atom. The largest absolute Gasteiger partial charge is 0.310 e. The van der Waals surface area contributed by atoms with E-state index in [9.17, 15) is 8.78 Å². The summed E-state index contributed by atoms with van der Waals surface area (Å²) in [6.07, 6.45) is 0. The standard InChI is InChI=1S/C73H48F2N2/c74-58-30-40-62(41-31-58)76(64-38-25-49-13-7-9-15-53(49)45-64)60-34-23-51(24-35-60)55-29-44-68-70(47-55)73(56-17-3-1-4-18-56,57-19-5-2-6-20-57)71-48-69(66-21-11-12-22-67(66)72(68)71)52-27-36-61(37-28-52)77(63-42-32-59(75)33-43-63)65-39-26-50-14-8-10-16-54(50)46-65/h1-48H. The monoisotopic (exact) mass is 990 g/mol. The first-order valence-electron chi connectivity index (χ1n) is 26.1. The van der Waals surface area contributed by atoms with Crippen LogP contribution in [0.3, 0.4) is 0 Å². The number of hydrogen-bond donors (Lipinski definition) is 0. The van der Waals surface area contributed by atoms with Gasteiger partial charge < -0.3 is 9.80 Å². The third-order valence-electron chi connectivity index (χ3n) is 15.6. The van der Waals surface area contributed by atoms with E-state index in [1.54, 1.807) is 0 Å². The Kier molecular flexibility index (Phi) is 11.2. The Balaban J connectivity index is 0.918. The lowest BCUT2D eigenvalue weighted by Gasteiger charge is -2.34. The van der Waals surface area contributed by atoms with E-state index in [4.69, 9.17) is 0 Å². The molecule has 0 fully saturated rings. The molecule has 13 aromatic rings. The summed E-state index contributed by atoms with van der Waals surface area (Å²) < 4.78 is 28.8. The fourth-order valence-electron chi connectivity index (χ4n) is 12.1. The van der Waals surface area contributed by atoms with Crippen LogP contribution < -0.4 is 9.80 Å². The van der Waals surface area contributed by atoms with Crippen molar-refractivity contribution in [2.45, 2.75) is 5.41 Å². The predicted molar refractivity (Wildman–Crippen MR) is 316 cm³/mol. The van der Waals surface area contributed by atoms with Gasteiger partial charge in [-0.1, -0.05) is 182 Å². The fourth-order valence-corrected chi connectivity index (χ4v) is 12.1.